The molecule has 2 unspecified atom stereocenters. The second kappa shape index (κ2) is 6.83. The molecule has 150 valence electrons. The third kappa shape index (κ3) is 2.93. The summed E-state index contributed by atoms with van der Waals surface area (Å²) in [5.41, 5.74) is 2.02. The minimum Gasteiger partial charge on any atom is -0.337 e. The number of halogens is 1. The average Bonchev–Trinajstić information content (AvgIpc) is 3.41. The first kappa shape index (κ1) is 18.1. The highest BCUT2D eigenvalue weighted by Crippen LogP contribution is 2.33. The Hall–Kier alpha value is -3.95. The summed E-state index contributed by atoms with van der Waals surface area (Å²) in [5.74, 6) is -0.975. The number of aryl methyl sites for hydroxylation is 1. The predicted molar refractivity (Wildman–Crippen MR) is 101 cm³/mol. The van der Waals surface area contributed by atoms with Crippen molar-refractivity contribution in [1.29, 1.82) is 0 Å². The highest BCUT2D eigenvalue weighted by atomic mass is 19.1. The lowest BCUT2D eigenvalue weighted by atomic mass is 10.1. The summed E-state index contributed by atoms with van der Waals surface area (Å²) in [6, 6.07) is 11.0. The SMILES string of the molecule is Cc1cccc(-c2noc(CN3N=NC4C(=O)N(c5cccc(F)c5)C(=O)C43)n2)c1. The Morgan fingerprint density at radius 3 is 2.73 bits per heavy atom. The fourth-order valence-corrected chi connectivity index (χ4v) is 3.58. The Balaban J connectivity index is 1.37. The number of hydrogen-bond donors (Lipinski definition) is 0. The third-order valence-corrected chi connectivity index (χ3v) is 4.97. The lowest BCUT2D eigenvalue weighted by Crippen LogP contribution is -2.39. The Bertz CT molecular complexity index is 1190. The largest absolute Gasteiger partial charge is 0.337 e. The van der Waals surface area contributed by atoms with Gasteiger partial charge in [0.25, 0.3) is 11.8 Å². The van der Waals surface area contributed by atoms with Crippen molar-refractivity contribution < 1.29 is 18.5 Å². The molecule has 2 aliphatic rings. The molecule has 2 aromatic carbocycles. The molecule has 0 radical (unpaired) electrons. The van der Waals surface area contributed by atoms with Crippen LogP contribution in [0.1, 0.15) is 11.5 Å². The molecule has 3 aromatic rings. The highest BCUT2D eigenvalue weighted by Gasteiger charge is 2.55. The van der Waals surface area contributed by atoms with Gasteiger partial charge in [-0.2, -0.15) is 10.1 Å². The number of rotatable bonds is 4. The highest BCUT2D eigenvalue weighted by molar-refractivity contribution is 6.25. The van der Waals surface area contributed by atoms with E-state index in [4.69, 9.17) is 4.52 Å². The second-order valence-corrected chi connectivity index (χ2v) is 7.07. The van der Waals surface area contributed by atoms with E-state index in [2.05, 4.69) is 20.5 Å². The van der Waals surface area contributed by atoms with Crippen LogP contribution in [0.15, 0.2) is 63.4 Å². The lowest BCUT2D eigenvalue weighted by molar-refractivity contribution is -0.123. The molecule has 30 heavy (non-hydrogen) atoms. The van der Waals surface area contributed by atoms with Crippen molar-refractivity contribution in [2.75, 3.05) is 4.90 Å². The number of amides is 2. The molecule has 0 aliphatic carbocycles. The van der Waals surface area contributed by atoms with Crippen LogP contribution < -0.4 is 4.90 Å². The number of aromatic nitrogens is 2. The normalized spacial score (nSPS) is 20.3. The molecule has 2 atom stereocenters. The minimum atomic E-state index is -0.986. The van der Waals surface area contributed by atoms with E-state index in [-0.39, 0.29) is 18.1 Å². The second-order valence-electron chi connectivity index (χ2n) is 7.07. The van der Waals surface area contributed by atoms with Gasteiger partial charge in [-0.25, -0.2) is 9.29 Å². The molecule has 0 bridgehead atoms. The van der Waals surface area contributed by atoms with E-state index in [1.807, 2.05) is 31.2 Å². The van der Waals surface area contributed by atoms with Crippen LogP contribution in [0.25, 0.3) is 11.4 Å². The van der Waals surface area contributed by atoms with E-state index in [1.165, 1.54) is 23.2 Å². The van der Waals surface area contributed by atoms with E-state index >= 15 is 0 Å². The molecular formula is C20H15FN6O3. The first-order valence-corrected chi connectivity index (χ1v) is 9.22. The molecule has 3 heterocycles. The van der Waals surface area contributed by atoms with Crippen LogP contribution >= 0.6 is 0 Å². The topological polar surface area (TPSA) is 104 Å². The molecule has 0 spiro atoms. The van der Waals surface area contributed by atoms with E-state index in [1.54, 1.807) is 0 Å². The maximum atomic E-state index is 13.6. The number of nitrogens with zero attached hydrogens (tertiary/aromatic N) is 6. The fourth-order valence-electron chi connectivity index (χ4n) is 3.58. The zero-order valence-electron chi connectivity index (χ0n) is 15.8. The van der Waals surface area contributed by atoms with Crippen molar-refractivity contribution in [1.82, 2.24) is 15.1 Å². The molecule has 0 N–H and O–H groups in total. The number of benzene rings is 2. The number of imide groups is 1. The Kier molecular flexibility index (Phi) is 4.12. The summed E-state index contributed by atoms with van der Waals surface area (Å²) in [6.45, 7) is 1.97. The molecule has 0 saturated carbocycles. The van der Waals surface area contributed by atoms with Gasteiger partial charge in [-0.05, 0) is 31.2 Å². The maximum Gasteiger partial charge on any atom is 0.263 e. The summed E-state index contributed by atoms with van der Waals surface area (Å²) < 4.78 is 18.9. The zero-order valence-corrected chi connectivity index (χ0v) is 15.8. The van der Waals surface area contributed by atoms with Gasteiger partial charge in [0, 0.05) is 5.56 Å². The van der Waals surface area contributed by atoms with Crippen molar-refractivity contribution in [3.8, 4) is 11.4 Å². The van der Waals surface area contributed by atoms with Gasteiger partial charge in [0.1, 0.15) is 12.4 Å². The summed E-state index contributed by atoms with van der Waals surface area (Å²) in [6.07, 6.45) is 0. The zero-order chi connectivity index (χ0) is 20.8. The number of carbonyl (C=O) groups is 2. The van der Waals surface area contributed by atoms with Crippen molar-refractivity contribution in [2.45, 2.75) is 25.6 Å². The van der Waals surface area contributed by atoms with E-state index in [9.17, 15) is 14.0 Å². The summed E-state index contributed by atoms with van der Waals surface area (Å²) >= 11 is 0. The van der Waals surface area contributed by atoms with E-state index in [0.717, 1.165) is 22.1 Å². The molecule has 10 heteroatoms. The van der Waals surface area contributed by atoms with Gasteiger partial charge in [-0.1, -0.05) is 40.2 Å². The predicted octanol–water partition coefficient (Wildman–Crippen LogP) is 2.68. The summed E-state index contributed by atoms with van der Waals surface area (Å²) in [7, 11) is 0. The van der Waals surface area contributed by atoms with Gasteiger partial charge in [0.2, 0.25) is 11.7 Å². The molecule has 2 amide bonds. The first-order valence-electron chi connectivity index (χ1n) is 9.22. The van der Waals surface area contributed by atoms with Crippen molar-refractivity contribution in [3.63, 3.8) is 0 Å². The van der Waals surface area contributed by atoms with E-state index in [0.29, 0.717) is 5.82 Å². The van der Waals surface area contributed by atoms with Crippen LogP contribution in [0.4, 0.5) is 10.1 Å². The van der Waals surface area contributed by atoms with Gasteiger partial charge < -0.3 is 4.52 Å². The molecular weight excluding hydrogens is 391 g/mol. The Morgan fingerprint density at radius 2 is 1.93 bits per heavy atom. The molecule has 9 nitrogen and oxygen atoms in total. The van der Waals surface area contributed by atoms with E-state index < -0.39 is 29.7 Å². The Labute approximate surface area is 169 Å². The number of hydrogen-bond acceptors (Lipinski definition) is 8. The quantitative estimate of drug-likeness (QED) is 0.617. The van der Waals surface area contributed by atoms with Gasteiger partial charge >= 0.3 is 0 Å². The van der Waals surface area contributed by atoms with Crippen molar-refractivity contribution >= 4 is 17.5 Å². The fraction of sp³-hybridized carbons (Fsp3) is 0.200. The summed E-state index contributed by atoms with van der Waals surface area (Å²) in [4.78, 5) is 30.9. The van der Waals surface area contributed by atoms with Gasteiger partial charge in [0.15, 0.2) is 12.1 Å². The average molecular weight is 406 g/mol. The minimum absolute atomic E-state index is 0.0134. The van der Waals surface area contributed by atoms with Crippen LogP contribution in [0.2, 0.25) is 0 Å². The molecule has 2 aliphatic heterocycles. The maximum absolute atomic E-state index is 13.6. The van der Waals surface area contributed by atoms with Gasteiger partial charge in [-0.3, -0.25) is 14.6 Å². The number of carbonyl (C=O) groups excluding carboxylic acids is 2. The van der Waals surface area contributed by atoms with Crippen LogP contribution in [0.5, 0.6) is 0 Å². The monoisotopic (exact) mass is 406 g/mol. The van der Waals surface area contributed by atoms with Crippen LogP contribution in [0.3, 0.4) is 0 Å². The summed E-state index contributed by atoms with van der Waals surface area (Å²) in [5, 5.41) is 13.2. The van der Waals surface area contributed by atoms with Crippen LogP contribution in [0, 0.1) is 12.7 Å². The molecule has 1 aromatic heterocycles. The Morgan fingerprint density at radius 1 is 1.10 bits per heavy atom. The smallest absolute Gasteiger partial charge is 0.263 e. The van der Waals surface area contributed by atoms with Crippen LogP contribution in [-0.4, -0.2) is 39.0 Å². The van der Waals surface area contributed by atoms with Crippen LogP contribution in [-0.2, 0) is 16.1 Å². The van der Waals surface area contributed by atoms with Gasteiger partial charge in [0.05, 0.1) is 5.69 Å². The van der Waals surface area contributed by atoms with Gasteiger partial charge in [-0.15, -0.1) is 0 Å². The third-order valence-electron chi connectivity index (χ3n) is 4.97. The molecule has 5 rings (SSSR count). The van der Waals surface area contributed by atoms with Crippen molar-refractivity contribution in [2.24, 2.45) is 10.3 Å². The number of fused-ring (bicyclic) bond motifs is 1. The molecule has 1 saturated heterocycles. The first-order chi connectivity index (χ1) is 14.5. The number of anilines is 1. The standard InChI is InChI=1S/C20H15FN6O3/c1-11-4-2-5-12(8-11)18-22-15(30-24-18)10-26-17-16(23-25-26)19(28)27(20(17)29)14-7-3-6-13(21)9-14/h2-9,16-17H,10H2,1H3. The molecule has 1 fully saturated rings. The van der Waals surface area contributed by atoms with Crippen molar-refractivity contribution in [3.05, 3.63) is 65.8 Å². The lowest BCUT2D eigenvalue weighted by Gasteiger charge is -2.19.